The molecule has 0 fully saturated rings. The number of carbonyl (C=O) groups is 1. The summed E-state index contributed by atoms with van der Waals surface area (Å²) >= 11 is 1.33. The second kappa shape index (κ2) is 9.08. The van der Waals surface area contributed by atoms with E-state index in [1.54, 1.807) is 19.4 Å². The third-order valence-corrected chi connectivity index (χ3v) is 3.89. The lowest BCUT2D eigenvalue weighted by atomic mass is 10.2. The van der Waals surface area contributed by atoms with E-state index in [1.165, 1.54) is 16.9 Å². The van der Waals surface area contributed by atoms with Gasteiger partial charge in [0.15, 0.2) is 22.3 Å². The van der Waals surface area contributed by atoms with E-state index >= 15 is 0 Å². The van der Waals surface area contributed by atoms with Gasteiger partial charge in [-0.1, -0.05) is 5.57 Å². The summed E-state index contributed by atoms with van der Waals surface area (Å²) in [5.41, 5.74) is 2.27. The molecular formula is C18H22N2O4S. The molecule has 134 valence electrons. The summed E-state index contributed by atoms with van der Waals surface area (Å²) in [6.45, 7) is 6.58. The maximum atomic E-state index is 11.7. The number of esters is 1. The van der Waals surface area contributed by atoms with Gasteiger partial charge in [-0.2, -0.15) is 0 Å². The summed E-state index contributed by atoms with van der Waals surface area (Å²) in [5.74, 6) is 0.860. The summed E-state index contributed by atoms with van der Waals surface area (Å²) in [5, 5.41) is 5.42. The first-order valence-corrected chi connectivity index (χ1v) is 8.75. The van der Waals surface area contributed by atoms with Crippen LogP contribution in [0.5, 0.6) is 11.5 Å². The van der Waals surface area contributed by atoms with Gasteiger partial charge in [0.1, 0.15) is 6.61 Å². The van der Waals surface area contributed by atoms with Gasteiger partial charge in [0, 0.05) is 17.1 Å². The fourth-order valence-corrected chi connectivity index (χ4v) is 2.62. The molecule has 25 heavy (non-hydrogen) atoms. The summed E-state index contributed by atoms with van der Waals surface area (Å²) in [6.07, 6.45) is 1.99. The van der Waals surface area contributed by atoms with Crippen molar-refractivity contribution in [1.82, 2.24) is 4.98 Å². The molecule has 0 bridgehead atoms. The van der Waals surface area contributed by atoms with E-state index in [9.17, 15) is 4.79 Å². The normalized spacial score (nSPS) is 10.1. The molecule has 7 heteroatoms. The first kappa shape index (κ1) is 18.8. The summed E-state index contributed by atoms with van der Waals surface area (Å²) in [6, 6.07) is 5.52. The minimum Gasteiger partial charge on any atom is -0.493 e. The summed E-state index contributed by atoms with van der Waals surface area (Å²) in [4.78, 5) is 15.9. The number of nitrogens with one attached hydrogen (secondary N) is 1. The van der Waals surface area contributed by atoms with Gasteiger partial charge in [0.05, 0.1) is 13.7 Å². The molecule has 0 spiro atoms. The monoisotopic (exact) mass is 362 g/mol. The van der Waals surface area contributed by atoms with Crippen molar-refractivity contribution in [1.29, 1.82) is 0 Å². The number of ether oxygens (including phenoxy) is 3. The van der Waals surface area contributed by atoms with Crippen molar-refractivity contribution in [3.63, 3.8) is 0 Å². The van der Waals surface area contributed by atoms with Gasteiger partial charge < -0.3 is 19.5 Å². The number of carbonyl (C=O) groups excluding carboxylic acids is 1. The zero-order chi connectivity index (χ0) is 18.2. The number of allylic oxidation sites excluding steroid dienone is 1. The molecule has 0 atom stereocenters. The minimum atomic E-state index is -0.424. The van der Waals surface area contributed by atoms with Crippen LogP contribution >= 0.6 is 11.3 Å². The largest absolute Gasteiger partial charge is 0.493 e. The Kier molecular flexibility index (Phi) is 6.82. The second-order valence-electron chi connectivity index (χ2n) is 5.34. The smallest absolute Gasteiger partial charge is 0.357 e. The molecule has 2 rings (SSSR count). The maximum Gasteiger partial charge on any atom is 0.357 e. The van der Waals surface area contributed by atoms with Gasteiger partial charge in [-0.3, -0.25) is 0 Å². The summed E-state index contributed by atoms with van der Waals surface area (Å²) in [7, 11) is 1.60. The molecule has 0 saturated heterocycles. The molecule has 1 heterocycles. The highest BCUT2D eigenvalue weighted by atomic mass is 32.1. The van der Waals surface area contributed by atoms with Crippen LogP contribution in [0.4, 0.5) is 10.8 Å². The molecule has 0 amide bonds. The van der Waals surface area contributed by atoms with Gasteiger partial charge in [0.2, 0.25) is 0 Å². The highest BCUT2D eigenvalue weighted by Crippen LogP contribution is 2.32. The van der Waals surface area contributed by atoms with Crippen LogP contribution in [0.3, 0.4) is 0 Å². The van der Waals surface area contributed by atoms with Crippen molar-refractivity contribution in [2.24, 2.45) is 0 Å². The number of anilines is 2. The molecule has 0 radical (unpaired) electrons. The summed E-state index contributed by atoms with van der Waals surface area (Å²) < 4.78 is 16.0. The van der Waals surface area contributed by atoms with Crippen molar-refractivity contribution in [2.45, 2.75) is 20.8 Å². The van der Waals surface area contributed by atoms with E-state index in [-0.39, 0.29) is 0 Å². The van der Waals surface area contributed by atoms with Crippen LogP contribution in [0.1, 0.15) is 31.3 Å². The van der Waals surface area contributed by atoms with Crippen molar-refractivity contribution in [3.8, 4) is 11.5 Å². The molecule has 0 aliphatic rings. The predicted octanol–water partition coefficient (Wildman–Crippen LogP) is 4.42. The van der Waals surface area contributed by atoms with Crippen LogP contribution in [0.25, 0.3) is 0 Å². The lowest BCUT2D eigenvalue weighted by Crippen LogP contribution is -2.05. The average Bonchev–Trinajstić information content (AvgIpc) is 3.04. The van der Waals surface area contributed by atoms with Gasteiger partial charge in [-0.25, -0.2) is 9.78 Å². The first-order chi connectivity index (χ1) is 12.0. The molecule has 1 aromatic carbocycles. The number of hydrogen-bond donors (Lipinski definition) is 1. The Bertz CT molecular complexity index is 751. The standard InChI is InChI=1S/C18H22N2O4S/c1-5-23-17(21)14-11-25-18(20-14)19-13-6-7-15(22-4)16(10-13)24-9-8-12(2)3/h6-8,10-11H,5,9H2,1-4H3,(H,19,20). The van der Waals surface area contributed by atoms with Gasteiger partial charge in [0.25, 0.3) is 0 Å². The van der Waals surface area contributed by atoms with E-state index in [1.807, 2.05) is 38.1 Å². The molecule has 6 nitrogen and oxygen atoms in total. The number of aromatic nitrogens is 1. The number of hydrogen-bond acceptors (Lipinski definition) is 7. The quantitative estimate of drug-likeness (QED) is 0.554. The highest BCUT2D eigenvalue weighted by Gasteiger charge is 2.12. The van der Waals surface area contributed by atoms with Crippen molar-refractivity contribution in [3.05, 3.63) is 40.9 Å². The molecule has 0 saturated carbocycles. The zero-order valence-corrected chi connectivity index (χ0v) is 15.6. The van der Waals surface area contributed by atoms with E-state index in [2.05, 4.69) is 10.3 Å². The Morgan fingerprint density at radius 3 is 2.80 bits per heavy atom. The predicted molar refractivity (Wildman–Crippen MR) is 99.3 cm³/mol. The lowest BCUT2D eigenvalue weighted by Gasteiger charge is -2.11. The number of methoxy groups -OCH3 is 1. The molecule has 0 aliphatic carbocycles. The Labute approximate surface area is 151 Å². The van der Waals surface area contributed by atoms with Gasteiger partial charge in [-0.05, 0) is 39.0 Å². The number of rotatable bonds is 8. The fraction of sp³-hybridized carbons (Fsp3) is 0.333. The van der Waals surface area contributed by atoms with E-state index in [0.717, 1.165) is 5.69 Å². The fourth-order valence-electron chi connectivity index (χ4n) is 1.92. The Hall–Kier alpha value is -2.54. The van der Waals surface area contributed by atoms with Crippen LogP contribution in [-0.2, 0) is 4.74 Å². The lowest BCUT2D eigenvalue weighted by molar-refractivity contribution is 0.0520. The van der Waals surface area contributed by atoms with E-state index in [4.69, 9.17) is 14.2 Å². The van der Waals surface area contributed by atoms with Crippen LogP contribution in [0.15, 0.2) is 35.2 Å². The van der Waals surface area contributed by atoms with Crippen molar-refractivity contribution >= 4 is 28.1 Å². The van der Waals surface area contributed by atoms with Crippen molar-refractivity contribution < 1.29 is 19.0 Å². The van der Waals surface area contributed by atoms with Crippen LogP contribution < -0.4 is 14.8 Å². The zero-order valence-electron chi connectivity index (χ0n) is 14.8. The number of nitrogens with zero attached hydrogens (tertiary/aromatic N) is 1. The van der Waals surface area contributed by atoms with Crippen LogP contribution in [0, 0.1) is 0 Å². The SMILES string of the molecule is CCOC(=O)c1csc(Nc2ccc(OC)c(OCC=C(C)C)c2)n1. The van der Waals surface area contributed by atoms with Gasteiger partial charge >= 0.3 is 5.97 Å². The van der Waals surface area contributed by atoms with Crippen molar-refractivity contribution in [2.75, 3.05) is 25.6 Å². The molecule has 2 aromatic rings. The minimum absolute atomic E-state index is 0.294. The maximum absolute atomic E-state index is 11.7. The molecule has 0 unspecified atom stereocenters. The van der Waals surface area contributed by atoms with Crippen LogP contribution in [-0.4, -0.2) is 31.3 Å². The third kappa shape index (κ3) is 5.49. The molecule has 1 aromatic heterocycles. The topological polar surface area (TPSA) is 69.7 Å². The van der Waals surface area contributed by atoms with E-state index < -0.39 is 5.97 Å². The number of benzene rings is 1. The Balaban J connectivity index is 2.11. The highest BCUT2D eigenvalue weighted by molar-refractivity contribution is 7.14. The molecule has 0 aliphatic heterocycles. The average molecular weight is 362 g/mol. The first-order valence-electron chi connectivity index (χ1n) is 7.87. The van der Waals surface area contributed by atoms with Gasteiger partial charge in [-0.15, -0.1) is 11.3 Å². The van der Waals surface area contributed by atoms with Crippen LogP contribution in [0.2, 0.25) is 0 Å². The van der Waals surface area contributed by atoms with E-state index in [0.29, 0.717) is 35.5 Å². The molecule has 1 N–H and O–H groups in total. The Morgan fingerprint density at radius 1 is 1.32 bits per heavy atom. The number of thiazole rings is 1. The third-order valence-electron chi connectivity index (χ3n) is 3.13. The Morgan fingerprint density at radius 2 is 2.12 bits per heavy atom. The second-order valence-corrected chi connectivity index (χ2v) is 6.20. The molecular weight excluding hydrogens is 340 g/mol.